The van der Waals surface area contributed by atoms with Crippen molar-refractivity contribution in [2.75, 3.05) is 13.6 Å². The van der Waals surface area contributed by atoms with E-state index >= 15 is 0 Å². The largest absolute Gasteiger partial charge is 0.320 e. The van der Waals surface area contributed by atoms with Gasteiger partial charge in [0, 0.05) is 5.41 Å². The Morgan fingerprint density at radius 2 is 1.47 bits per heavy atom. The summed E-state index contributed by atoms with van der Waals surface area (Å²) >= 11 is 0. The van der Waals surface area contributed by atoms with Crippen LogP contribution in [0.4, 0.5) is 0 Å². The summed E-state index contributed by atoms with van der Waals surface area (Å²) in [6.45, 7) is 12.6. The van der Waals surface area contributed by atoms with Crippen molar-refractivity contribution in [1.82, 2.24) is 5.32 Å². The molecule has 1 heteroatoms. The molecule has 1 N–H and O–H groups in total. The van der Waals surface area contributed by atoms with Gasteiger partial charge in [0.1, 0.15) is 0 Å². The second kappa shape index (κ2) is 4.52. The minimum atomic E-state index is 0.324. The molecule has 0 saturated carbocycles. The summed E-state index contributed by atoms with van der Waals surface area (Å²) in [5.41, 5.74) is 6.51. The second-order valence-electron chi connectivity index (χ2n) is 5.04. The van der Waals surface area contributed by atoms with E-state index in [-0.39, 0.29) is 0 Å². The number of allylic oxidation sites excluding steroid dienone is 4. The molecule has 1 aliphatic carbocycles. The molecule has 15 heavy (non-hydrogen) atoms. The lowest BCUT2D eigenvalue weighted by atomic mass is 9.75. The molecule has 0 aromatic rings. The molecule has 0 aromatic heterocycles. The van der Waals surface area contributed by atoms with Crippen molar-refractivity contribution in [3.63, 3.8) is 0 Å². The van der Waals surface area contributed by atoms with Crippen LogP contribution in [0.25, 0.3) is 0 Å². The normalized spacial score (nSPS) is 20.4. The van der Waals surface area contributed by atoms with Gasteiger partial charge in [-0.3, -0.25) is 0 Å². The number of hydrogen-bond donors (Lipinski definition) is 1. The molecule has 0 bridgehead atoms. The van der Waals surface area contributed by atoms with Gasteiger partial charge < -0.3 is 5.32 Å². The first kappa shape index (κ1) is 12.5. The van der Waals surface area contributed by atoms with Gasteiger partial charge in [0.2, 0.25) is 0 Å². The Morgan fingerprint density at radius 3 is 1.87 bits per heavy atom. The lowest BCUT2D eigenvalue weighted by Crippen LogP contribution is -2.20. The fourth-order valence-electron chi connectivity index (χ4n) is 2.67. The zero-order valence-electron chi connectivity index (χ0n) is 11.1. The van der Waals surface area contributed by atoms with Gasteiger partial charge in [0.25, 0.3) is 0 Å². The lowest BCUT2D eigenvalue weighted by molar-refractivity contribution is 0.424. The van der Waals surface area contributed by atoms with Crippen molar-refractivity contribution in [3.8, 4) is 0 Å². The van der Waals surface area contributed by atoms with Crippen molar-refractivity contribution in [1.29, 1.82) is 0 Å². The first-order chi connectivity index (χ1) is 6.95. The summed E-state index contributed by atoms with van der Waals surface area (Å²) in [5, 5.41) is 3.23. The van der Waals surface area contributed by atoms with Crippen LogP contribution in [0.1, 0.15) is 47.5 Å². The van der Waals surface area contributed by atoms with Crippen molar-refractivity contribution in [2.45, 2.75) is 47.5 Å². The minimum absolute atomic E-state index is 0.324. The third kappa shape index (κ3) is 2.03. The topological polar surface area (TPSA) is 12.0 Å². The zero-order valence-corrected chi connectivity index (χ0v) is 11.1. The maximum Gasteiger partial charge on any atom is 0.00988 e. The van der Waals surface area contributed by atoms with Crippen LogP contribution < -0.4 is 5.32 Å². The minimum Gasteiger partial charge on any atom is -0.320 e. The van der Waals surface area contributed by atoms with Crippen LogP contribution in [0.2, 0.25) is 0 Å². The molecule has 1 nitrogen and oxygen atoms in total. The van der Waals surface area contributed by atoms with Gasteiger partial charge in [0.15, 0.2) is 0 Å². The molecule has 0 heterocycles. The average molecular weight is 207 g/mol. The van der Waals surface area contributed by atoms with E-state index in [4.69, 9.17) is 0 Å². The summed E-state index contributed by atoms with van der Waals surface area (Å²) in [6.07, 6.45) is 2.52. The molecule has 0 saturated heterocycles. The van der Waals surface area contributed by atoms with Crippen LogP contribution in [0, 0.1) is 5.41 Å². The third-order valence-corrected chi connectivity index (χ3v) is 4.45. The van der Waals surface area contributed by atoms with Crippen LogP contribution >= 0.6 is 0 Å². The lowest BCUT2D eigenvalue weighted by Gasteiger charge is -2.29. The van der Waals surface area contributed by atoms with Gasteiger partial charge in [-0.05, 0) is 65.3 Å². The monoisotopic (exact) mass is 207 g/mol. The summed E-state index contributed by atoms with van der Waals surface area (Å²) in [5.74, 6) is 0. The van der Waals surface area contributed by atoms with Crippen molar-refractivity contribution in [3.05, 3.63) is 22.3 Å². The van der Waals surface area contributed by atoms with E-state index in [2.05, 4.69) is 39.9 Å². The van der Waals surface area contributed by atoms with Crippen molar-refractivity contribution < 1.29 is 0 Å². The molecule has 0 radical (unpaired) electrons. The fourth-order valence-corrected chi connectivity index (χ4v) is 2.67. The molecular weight excluding hydrogens is 182 g/mol. The van der Waals surface area contributed by atoms with Gasteiger partial charge in [-0.25, -0.2) is 0 Å². The van der Waals surface area contributed by atoms with Crippen LogP contribution in [-0.4, -0.2) is 13.6 Å². The van der Waals surface area contributed by atoms with Crippen LogP contribution in [-0.2, 0) is 0 Å². The Kier molecular flexibility index (Phi) is 3.77. The molecule has 0 spiro atoms. The molecule has 0 atom stereocenters. The highest BCUT2D eigenvalue weighted by Crippen LogP contribution is 2.49. The molecule has 0 aromatic carbocycles. The van der Waals surface area contributed by atoms with Crippen LogP contribution in [0.5, 0.6) is 0 Å². The van der Waals surface area contributed by atoms with E-state index in [0.717, 1.165) is 6.54 Å². The van der Waals surface area contributed by atoms with Crippen LogP contribution in [0.3, 0.4) is 0 Å². The first-order valence-corrected chi connectivity index (χ1v) is 5.96. The smallest absolute Gasteiger partial charge is 0.00988 e. The molecule has 0 amide bonds. The van der Waals surface area contributed by atoms with E-state index in [0.29, 0.717) is 5.41 Å². The van der Waals surface area contributed by atoms with E-state index in [1.54, 1.807) is 11.1 Å². The van der Waals surface area contributed by atoms with Crippen LogP contribution in [0.15, 0.2) is 22.3 Å². The van der Waals surface area contributed by atoms with Gasteiger partial charge in [-0.15, -0.1) is 0 Å². The summed E-state index contributed by atoms with van der Waals surface area (Å²) in [7, 11) is 2.03. The quantitative estimate of drug-likeness (QED) is 0.693. The zero-order chi connectivity index (χ0) is 11.6. The van der Waals surface area contributed by atoms with Gasteiger partial charge in [0.05, 0.1) is 0 Å². The average Bonchev–Trinajstić information content (AvgIpc) is 2.36. The van der Waals surface area contributed by atoms with E-state index in [1.807, 2.05) is 7.05 Å². The van der Waals surface area contributed by atoms with E-state index < -0.39 is 0 Å². The first-order valence-electron chi connectivity index (χ1n) is 5.96. The third-order valence-electron chi connectivity index (χ3n) is 4.45. The summed E-state index contributed by atoms with van der Waals surface area (Å²) < 4.78 is 0. The van der Waals surface area contributed by atoms with Crippen molar-refractivity contribution in [2.24, 2.45) is 5.41 Å². The maximum atomic E-state index is 3.23. The molecule has 0 unspecified atom stereocenters. The van der Waals surface area contributed by atoms with Gasteiger partial charge in [-0.1, -0.05) is 18.1 Å². The number of rotatable bonds is 4. The van der Waals surface area contributed by atoms with E-state index in [9.17, 15) is 0 Å². The fraction of sp³-hybridized carbons (Fsp3) is 0.714. The molecule has 1 rings (SSSR count). The van der Waals surface area contributed by atoms with Gasteiger partial charge >= 0.3 is 0 Å². The Bertz CT molecular complexity index is 283. The molecule has 0 aliphatic heterocycles. The molecule has 0 fully saturated rings. The summed E-state index contributed by atoms with van der Waals surface area (Å²) in [4.78, 5) is 0. The number of hydrogen-bond acceptors (Lipinski definition) is 1. The highest BCUT2D eigenvalue weighted by molar-refractivity contribution is 5.49. The molecular formula is C14H25N. The highest BCUT2D eigenvalue weighted by atomic mass is 14.8. The Labute approximate surface area is 94.6 Å². The maximum absolute atomic E-state index is 3.23. The summed E-state index contributed by atoms with van der Waals surface area (Å²) in [6, 6.07) is 0. The highest BCUT2D eigenvalue weighted by Gasteiger charge is 2.35. The molecule has 1 aliphatic rings. The standard InChI is InChI=1S/C14H25N/c1-10-11(2)13(4)14(5,12(10)3)8-7-9-15-6/h15H,7-9H2,1-6H3. The molecule has 86 valence electrons. The second-order valence-corrected chi connectivity index (χ2v) is 5.04. The predicted octanol–water partition coefficient (Wildman–Crippen LogP) is 3.68. The Hall–Kier alpha value is -0.560. The predicted molar refractivity (Wildman–Crippen MR) is 68.0 cm³/mol. The number of nitrogens with one attached hydrogen (secondary N) is 1. The Morgan fingerprint density at radius 1 is 1.00 bits per heavy atom. The SMILES string of the molecule is CNCCCC1(C)C(C)=C(C)C(C)=C1C. The van der Waals surface area contributed by atoms with Gasteiger partial charge in [-0.2, -0.15) is 0 Å². The van der Waals surface area contributed by atoms with E-state index in [1.165, 1.54) is 24.0 Å². The van der Waals surface area contributed by atoms with Crippen molar-refractivity contribution >= 4 is 0 Å². The Balaban J connectivity index is 2.85.